The highest BCUT2D eigenvalue weighted by Crippen LogP contribution is 2.37. The monoisotopic (exact) mass is 322 g/mol. The number of piperidine rings is 1. The summed E-state index contributed by atoms with van der Waals surface area (Å²) in [5.41, 5.74) is 0.674. The van der Waals surface area contributed by atoms with E-state index in [0.717, 1.165) is 37.2 Å². The van der Waals surface area contributed by atoms with E-state index in [-0.39, 0.29) is 23.9 Å². The number of hydrogen-bond donors (Lipinski definition) is 2. The normalized spacial score (nSPS) is 31.3. The van der Waals surface area contributed by atoms with E-state index in [1.165, 1.54) is 0 Å². The molecule has 3 rings (SSSR count). The summed E-state index contributed by atoms with van der Waals surface area (Å²) in [5, 5.41) is 10.1. The Kier molecular flexibility index (Phi) is 4.42. The Bertz CT molecular complexity index is 574. The third-order valence-corrected chi connectivity index (χ3v) is 5.85. The fourth-order valence-corrected chi connectivity index (χ4v) is 4.41. The van der Waals surface area contributed by atoms with E-state index in [1.54, 1.807) is 6.92 Å². The zero-order chi connectivity index (χ0) is 15.7. The van der Waals surface area contributed by atoms with Gasteiger partial charge in [-0.3, -0.25) is 9.59 Å². The number of aromatic nitrogens is 2. The Morgan fingerprint density at radius 3 is 2.95 bits per heavy atom. The lowest BCUT2D eigenvalue weighted by atomic mass is 9.70. The molecule has 2 aliphatic rings. The van der Waals surface area contributed by atoms with Crippen LogP contribution in [-0.4, -0.2) is 33.5 Å². The minimum absolute atomic E-state index is 0.0925. The van der Waals surface area contributed by atoms with Crippen LogP contribution in [-0.2, 0) is 4.79 Å². The van der Waals surface area contributed by atoms with Crippen LogP contribution in [0.2, 0.25) is 0 Å². The van der Waals surface area contributed by atoms with Crippen molar-refractivity contribution in [1.29, 1.82) is 0 Å². The second kappa shape index (κ2) is 6.32. The molecule has 2 heterocycles. The summed E-state index contributed by atoms with van der Waals surface area (Å²) in [5.74, 6) is 1.11. The van der Waals surface area contributed by atoms with E-state index in [1.807, 2.05) is 0 Å². The first-order chi connectivity index (χ1) is 10.6. The van der Waals surface area contributed by atoms with Crippen LogP contribution in [0, 0.1) is 18.8 Å². The topological polar surface area (TPSA) is 84.0 Å². The van der Waals surface area contributed by atoms with E-state index in [2.05, 4.69) is 27.1 Å². The van der Waals surface area contributed by atoms with Gasteiger partial charge in [0.15, 0.2) is 0 Å². The minimum atomic E-state index is -0.0925. The molecule has 0 bridgehead atoms. The van der Waals surface area contributed by atoms with E-state index < -0.39 is 0 Å². The first-order valence-electron chi connectivity index (χ1n) is 7.97. The quantitative estimate of drug-likeness (QED) is 0.886. The summed E-state index contributed by atoms with van der Waals surface area (Å²) in [6.45, 7) is 3.95. The molecule has 0 radical (unpaired) electrons. The van der Waals surface area contributed by atoms with Crippen LogP contribution in [0.25, 0.3) is 0 Å². The van der Waals surface area contributed by atoms with Gasteiger partial charge in [-0.1, -0.05) is 17.8 Å². The van der Waals surface area contributed by atoms with Gasteiger partial charge in [-0.05, 0) is 49.6 Å². The highest BCUT2D eigenvalue weighted by atomic mass is 32.1. The Hall–Kier alpha value is -1.50. The predicted octanol–water partition coefficient (Wildman–Crippen LogP) is 1.66. The highest BCUT2D eigenvalue weighted by Gasteiger charge is 2.40. The van der Waals surface area contributed by atoms with Crippen molar-refractivity contribution in [2.24, 2.45) is 11.8 Å². The summed E-state index contributed by atoms with van der Waals surface area (Å²) in [6.07, 6.45) is 4.57. The van der Waals surface area contributed by atoms with Crippen molar-refractivity contribution in [3.63, 3.8) is 0 Å². The largest absolute Gasteiger partial charge is 0.353 e. The van der Waals surface area contributed by atoms with Gasteiger partial charge in [0, 0.05) is 18.5 Å². The summed E-state index contributed by atoms with van der Waals surface area (Å²) in [7, 11) is 0. The number of carbonyl (C=O) groups excluding carboxylic acids is 2. The first-order valence-corrected chi connectivity index (χ1v) is 8.75. The number of aryl methyl sites for hydroxylation is 1. The molecule has 2 N–H and O–H groups in total. The average molecular weight is 322 g/mol. The lowest BCUT2D eigenvalue weighted by molar-refractivity contribution is -0.127. The standard InChI is InChI=1S/C15H22N4O2S/c1-3-9-6-13(20)17-12-7-10(4-5-11(9)12)16-15(21)14-8(2)18-19-22-14/h9-12H,3-7H2,1-2H3,(H,16,21)(H,17,20). The van der Waals surface area contributed by atoms with Crippen molar-refractivity contribution in [2.75, 3.05) is 0 Å². The summed E-state index contributed by atoms with van der Waals surface area (Å²) in [6, 6.07) is 0.317. The number of nitrogens with one attached hydrogen (secondary N) is 2. The predicted molar refractivity (Wildman–Crippen MR) is 83.6 cm³/mol. The minimum Gasteiger partial charge on any atom is -0.353 e. The number of rotatable bonds is 3. The van der Waals surface area contributed by atoms with Gasteiger partial charge < -0.3 is 10.6 Å². The maximum Gasteiger partial charge on any atom is 0.265 e. The molecule has 1 aromatic heterocycles. The van der Waals surface area contributed by atoms with Gasteiger partial charge in [0.05, 0.1) is 5.69 Å². The summed E-state index contributed by atoms with van der Waals surface area (Å²) in [4.78, 5) is 24.7. The molecule has 4 unspecified atom stereocenters. The fraction of sp³-hybridized carbons (Fsp3) is 0.733. The van der Waals surface area contributed by atoms with Gasteiger partial charge in [-0.2, -0.15) is 0 Å². The molecular weight excluding hydrogens is 300 g/mol. The fourth-order valence-electron chi connectivity index (χ4n) is 3.85. The van der Waals surface area contributed by atoms with Crippen LogP contribution >= 0.6 is 11.5 Å². The van der Waals surface area contributed by atoms with Crippen LogP contribution in [0.5, 0.6) is 0 Å². The van der Waals surface area contributed by atoms with Gasteiger partial charge in [-0.15, -0.1) is 5.10 Å². The molecule has 22 heavy (non-hydrogen) atoms. The van der Waals surface area contributed by atoms with Crippen molar-refractivity contribution in [3.05, 3.63) is 10.6 Å². The van der Waals surface area contributed by atoms with Gasteiger partial charge in [-0.25, -0.2) is 0 Å². The van der Waals surface area contributed by atoms with Gasteiger partial charge in [0.1, 0.15) is 4.88 Å². The van der Waals surface area contributed by atoms with E-state index in [4.69, 9.17) is 0 Å². The van der Waals surface area contributed by atoms with Crippen LogP contribution in [0.15, 0.2) is 0 Å². The molecule has 1 aliphatic heterocycles. The molecule has 2 amide bonds. The number of hydrogen-bond acceptors (Lipinski definition) is 5. The zero-order valence-corrected chi connectivity index (χ0v) is 13.8. The van der Waals surface area contributed by atoms with Crippen LogP contribution in [0.1, 0.15) is 54.4 Å². The molecule has 6 nitrogen and oxygen atoms in total. The van der Waals surface area contributed by atoms with E-state index in [9.17, 15) is 9.59 Å². The van der Waals surface area contributed by atoms with Gasteiger partial charge in [0.25, 0.3) is 5.91 Å². The molecule has 1 saturated heterocycles. The first kappa shape index (κ1) is 15.4. The second-order valence-electron chi connectivity index (χ2n) is 6.38. The zero-order valence-electron chi connectivity index (χ0n) is 13.0. The van der Waals surface area contributed by atoms with Crippen molar-refractivity contribution >= 4 is 23.3 Å². The van der Waals surface area contributed by atoms with E-state index >= 15 is 0 Å². The van der Waals surface area contributed by atoms with Crippen LogP contribution in [0.4, 0.5) is 0 Å². The lowest BCUT2D eigenvalue weighted by Crippen LogP contribution is -2.55. The Morgan fingerprint density at radius 2 is 2.27 bits per heavy atom. The van der Waals surface area contributed by atoms with Gasteiger partial charge >= 0.3 is 0 Å². The lowest BCUT2D eigenvalue weighted by Gasteiger charge is -2.43. The van der Waals surface area contributed by atoms with Crippen LogP contribution in [0.3, 0.4) is 0 Å². The van der Waals surface area contributed by atoms with Gasteiger partial charge in [0.2, 0.25) is 5.91 Å². The molecule has 2 fully saturated rings. The maximum absolute atomic E-state index is 12.3. The molecule has 0 spiro atoms. The van der Waals surface area contributed by atoms with Crippen molar-refractivity contribution in [3.8, 4) is 0 Å². The number of fused-ring (bicyclic) bond motifs is 1. The molecule has 1 aliphatic carbocycles. The number of nitrogens with zero attached hydrogens (tertiary/aromatic N) is 2. The number of amides is 2. The molecule has 1 aromatic rings. The Labute approximate surface area is 134 Å². The summed E-state index contributed by atoms with van der Waals surface area (Å²) >= 11 is 1.13. The molecule has 4 atom stereocenters. The SMILES string of the molecule is CCC1CC(=O)NC2CC(NC(=O)c3snnc3C)CCC12. The summed E-state index contributed by atoms with van der Waals surface area (Å²) < 4.78 is 3.81. The maximum atomic E-state index is 12.3. The Balaban J connectivity index is 1.63. The molecule has 120 valence electrons. The molecule has 0 aromatic carbocycles. The molecular formula is C15H22N4O2S. The molecule has 7 heteroatoms. The third kappa shape index (κ3) is 2.99. The van der Waals surface area contributed by atoms with Crippen molar-refractivity contribution in [1.82, 2.24) is 20.2 Å². The van der Waals surface area contributed by atoms with Crippen LogP contribution < -0.4 is 10.6 Å². The molecule has 1 saturated carbocycles. The van der Waals surface area contributed by atoms with Crippen molar-refractivity contribution in [2.45, 2.75) is 58.0 Å². The number of carbonyl (C=O) groups is 2. The second-order valence-corrected chi connectivity index (χ2v) is 7.14. The Morgan fingerprint density at radius 1 is 1.45 bits per heavy atom. The smallest absolute Gasteiger partial charge is 0.265 e. The van der Waals surface area contributed by atoms with E-state index in [0.29, 0.717) is 28.8 Å². The van der Waals surface area contributed by atoms with Crippen molar-refractivity contribution < 1.29 is 9.59 Å². The average Bonchev–Trinajstić information content (AvgIpc) is 2.92. The highest BCUT2D eigenvalue weighted by molar-refractivity contribution is 7.08. The third-order valence-electron chi connectivity index (χ3n) is 5.02.